The zero-order valence-electron chi connectivity index (χ0n) is 11.5. The molecule has 0 aliphatic carbocycles. The van der Waals surface area contributed by atoms with Crippen LogP contribution < -0.4 is 5.73 Å². The van der Waals surface area contributed by atoms with E-state index in [1.54, 1.807) is 0 Å². The van der Waals surface area contributed by atoms with E-state index in [9.17, 15) is 0 Å². The summed E-state index contributed by atoms with van der Waals surface area (Å²) >= 11 is 0. The molecular formula is C15H16N4O. The molecule has 0 saturated heterocycles. The molecule has 102 valence electrons. The second-order valence-electron chi connectivity index (χ2n) is 5.38. The standard InChI is InChI=1S/C15H16N4O/c1-8-7-20-9(2)15-18-12-13(19(8)15)10-5-3-4-6-11(10)17-14(12)16/h3-6,8-9H,7H2,1-2H3,(H2,16,17). The summed E-state index contributed by atoms with van der Waals surface area (Å²) in [6.07, 6.45) is -0.0169. The third kappa shape index (κ3) is 1.41. The van der Waals surface area contributed by atoms with Gasteiger partial charge in [-0.1, -0.05) is 18.2 Å². The fraction of sp³-hybridized carbons (Fsp3) is 0.333. The average molecular weight is 268 g/mol. The number of rotatable bonds is 0. The fourth-order valence-corrected chi connectivity index (χ4v) is 3.01. The highest BCUT2D eigenvalue weighted by atomic mass is 16.5. The number of hydrogen-bond donors (Lipinski definition) is 1. The summed E-state index contributed by atoms with van der Waals surface area (Å²) in [6.45, 7) is 4.85. The lowest BCUT2D eigenvalue weighted by atomic mass is 10.1. The van der Waals surface area contributed by atoms with E-state index in [0.29, 0.717) is 12.4 Å². The Morgan fingerprint density at radius 3 is 2.90 bits per heavy atom. The summed E-state index contributed by atoms with van der Waals surface area (Å²) in [5.41, 5.74) is 8.86. The van der Waals surface area contributed by atoms with Gasteiger partial charge in [-0.2, -0.15) is 0 Å². The predicted molar refractivity (Wildman–Crippen MR) is 78.5 cm³/mol. The highest BCUT2D eigenvalue weighted by Crippen LogP contribution is 2.36. The number of ether oxygens (including phenoxy) is 1. The molecule has 0 bridgehead atoms. The van der Waals surface area contributed by atoms with Crippen molar-refractivity contribution in [3.63, 3.8) is 0 Å². The lowest BCUT2D eigenvalue weighted by molar-refractivity contribution is 0.0135. The summed E-state index contributed by atoms with van der Waals surface area (Å²) in [7, 11) is 0. The smallest absolute Gasteiger partial charge is 0.152 e. The van der Waals surface area contributed by atoms with Crippen molar-refractivity contribution in [1.29, 1.82) is 0 Å². The summed E-state index contributed by atoms with van der Waals surface area (Å²) < 4.78 is 8.01. The SMILES string of the molecule is CC1OCC(C)n2c1nc1c(N)nc3ccccc3c12. The number of aromatic nitrogens is 3. The summed E-state index contributed by atoms with van der Waals surface area (Å²) in [5.74, 6) is 1.42. The molecular weight excluding hydrogens is 252 g/mol. The van der Waals surface area contributed by atoms with Crippen LogP contribution in [0.5, 0.6) is 0 Å². The maximum Gasteiger partial charge on any atom is 0.152 e. The molecule has 1 aliphatic heterocycles. The van der Waals surface area contributed by atoms with Crippen LogP contribution in [-0.4, -0.2) is 21.1 Å². The van der Waals surface area contributed by atoms with Crippen LogP contribution in [0, 0.1) is 0 Å². The molecule has 2 unspecified atom stereocenters. The van der Waals surface area contributed by atoms with Crippen LogP contribution in [0.1, 0.15) is 31.8 Å². The number of imidazole rings is 1. The van der Waals surface area contributed by atoms with Gasteiger partial charge in [-0.3, -0.25) is 0 Å². The van der Waals surface area contributed by atoms with Gasteiger partial charge in [-0.15, -0.1) is 0 Å². The van der Waals surface area contributed by atoms with Gasteiger partial charge in [0.15, 0.2) is 5.82 Å². The van der Waals surface area contributed by atoms with Gasteiger partial charge in [0.25, 0.3) is 0 Å². The molecule has 0 radical (unpaired) electrons. The first-order chi connectivity index (χ1) is 9.66. The molecule has 3 aromatic rings. The normalized spacial score (nSPS) is 22.3. The van der Waals surface area contributed by atoms with Crippen molar-refractivity contribution in [3.8, 4) is 0 Å². The quantitative estimate of drug-likeness (QED) is 0.681. The Morgan fingerprint density at radius 2 is 2.05 bits per heavy atom. The highest BCUT2D eigenvalue weighted by molar-refractivity contribution is 6.06. The molecule has 2 N–H and O–H groups in total. The second-order valence-corrected chi connectivity index (χ2v) is 5.38. The summed E-state index contributed by atoms with van der Waals surface area (Å²) in [4.78, 5) is 9.14. The molecule has 0 amide bonds. The van der Waals surface area contributed by atoms with Crippen molar-refractivity contribution in [3.05, 3.63) is 30.1 Å². The first kappa shape index (κ1) is 11.7. The molecule has 5 heteroatoms. The lowest BCUT2D eigenvalue weighted by Gasteiger charge is -2.27. The first-order valence-corrected chi connectivity index (χ1v) is 6.84. The van der Waals surface area contributed by atoms with Crippen molar-refractivity contribution >= 4 is 27.8 Å². The van der Waals surface area contributed by atoms with Crippen LogP contribution in [-0.2, 0) is 4.74 Å². The summed E-state index contributed by atoms with van der Waals surface area (Å²) in [5, 5.41) is 1.09. The molecule has 1 aromatic carbocycles. The largest absolute Gasteiger partial charge is 0.382 e. The van der Waals surface area contributed by atoms with Crippen LogP contribution in [0.15, 0.2) is 24.3 Å². The number of anilines is 1. The van der Waals surface area contributed by atoms with Crippen LogP contribution in [0.4, 0.5) is 5.82 Å². The van der Waals surface area contributed by atoms with E-state index in [2.05, 4.69) is 27.5 Å². The third-order valence-corrected chi connectivity index (χ3v) is 3.97. The Morgan fingerprint density at radius 1 is 1.25 bits per heavy atom. The number of pyridine rings is 1. The molecule has 4 rings (SSSR count). The van der Waals surface area contributed by atoms with E-state index in [1.807, 2.05) is 25.1 Å². The van der Waals surface area contributed by atoms with E-state index in [1.165, 1.54) is 0 Å². The Labute approximate surface area is 116 Å². The minimum Gasteiger partial charge on any atom is -0.382 e. The number of nitrogens with two attached hydrogens (primary N) is 1. The molecule has 3 heterocycles. The van der Waals surface area contributed by atoms with Crippen LogP contribution in [0.25, 0.3) is 21.9 Å². The number of nitrogens with zero attached hydrogens (tertiary/aromatic N) is 3. The third-order valence-electron chi connectivity index (χ3n) is 3.97. The number of para-hydroxylation sites is 1. The predicted octanol–water partition coefficient (Wildman–Crippen LogP) is 2.82. The van der Waals surface area contributed by atoms with Crippen molar-refractivity contribution in [2.24, 2.45) is 0 Å². The topological polar surface area (TPSA) is 66.0 Å². The number of nitrogen functional groups attached to an aromatic ring is 1. The average Bonchev–Trinajstić information content (AvgIpc) is 2.86. The number of benzene rings is 1. The first-order valence-electron chi connectivity index (χ1n) is 6.84. The van der Waals surface area contributed by atoms with Gasteiger partial charge in [0, 0.05) is 5.39 Å². The van der Waals surface area contributed by atoms with E-state index in [-0.39, 0.29) is 12.1 Å². The summed E-state index contributed by atoms with van der Waals surface area (Å²) in [6, 6.07) is 8.30. The molecule has 2 atom stereocenters. The minimum absolute atomic E-state index is 0.0169. The van der Waals surface area contributed by atoms with Crippen molar-refractivity contribution in [2.45, 2.75) is 26.0 Å². The monoisotopic (exact) mass is 268 g/mol. The number of hydrogen-bond acceptors (Lipinski definition) is 4. The van der Waals surface area contributed by atoms with Crippen molar-refractivity contribution in [1.82, 2.24) is 14.5 Å². The van der Waals surface area contributed by atoms with Gasteiger partial charge in [-0.05, 0) is 19.9 Å². The van der Waals surface area contributed by atoms with Gasteiger partial charge in [0.1, 0.15) is 17.4 Å². The maximum absolute atomic E-state index is 6.10. The lowest BCUT2D eigenvalue weighted by Crippen LogP contribution is -2.24. The highest BCUT2D eigenvalue weighted by Gasteiger charge is 2.28. The van der Waals surface area contributed by atoms with Crippen LogP contribution in [0.2, 0.25) is 0 Å². The second kappa shape index (κ2) is 3.93. The Hall–Kier alpha value is -2.14. The van der Waals surface area contributed by atoms with Crippen LogP contribution in [0.3, 0.4) is 0 Å². The Kier molecular flexibility index (Phi) is 2.29. The van der Waals surface area contributed by atoms with Gasteiger partial charge in [0.2, 0.25) is 0 Å². The zero-order chi connectivity index (χ0) is 13.9. The molecule has 20 heavy (non-hydrogen) atoms. The minimum atomic E-state index is -0.0169. The molecule has 2 aromatic heterocycles. The van der Waals surface area contributed by atoms with E-state index in [4.69, 9.17) is 10.5 Å². The maximum atomic E-state index is 6.10. The molecule has 0 spiro atoms. The van der Waals surface area contributed by atoms with Gasteiger partial charge >= 0.3 is 0 Å². The van der Waals surface area contributed by atoms with Gasteiger partial charge < -0.3 is 15.0 Å². The van der Waals surface area contributed by atoms with Crippen molar-refractivity contribution < 1.29 is 4.74 Å². The van der Waals surface area contributed by atoms with E-state index < -0.39 is 0 Å². The molecule has 0 fully saturated rings. The van der Waals surface area contributed by atoms with Gasteiger partial charge in [0.05, 0.1) is 23.7 Å². The van der Waals surface area contributed by atoms with Crippen LogP contribution >= 0.6 is 0 Å². The Balaban J connectivity index is 2.23. The zero-order valence-corrected chi connectivity index (χ0v) is 11.5. The molecule has 1 aliphatic rings. The molecule has 0 saturated carbocycles. The van der Waals surface area contributed by atoms with Gasteiger partial charge in [-0.25, -0.2) is 9.97 Å². The Bertz CT molecular complexity index is 823. The van der Waals surface area contributed by atoms with E-state index in [0.717, 1.165) is 27.8 Å². The van der Waals surface area contributed by atoms with E-state index >= 15 is 0 Å². The molecule has 5 nitrogen and oxygen atoms in total. The van der Waals surface area contributed by atoms with Crippen molar-refractivity contribution in [2.75, 3.05) is 12.3 Å². The fourth-order valence-electron chi connectivity index (χ4n) is 3.01. The number of fused-ring (bicyclic) bond motifs is 5.